The minimum atomic E-state index is 0.357. The predicted molar refractivity (Wildman–Crippen MR) is 41.0 cm³/mol. The first-order valence-electron chi connectivity index (χ1n) is 3.29. The summed E-state index contributed by atoms with van der Waals surface area (Å²) in [6.45, 7) is 2.47. The first kappa shape index (κ1) is 7.74. The molecule has 3 N–H and O–H groups in total. The third kappa shape index (κ3) is 2.05. The van der Waals surface area contributed by atoms with Gasteiger partial charge in [-0.15, -0.1) is 0 Å². The Morgan fingerprint density at radius 1 is 1.73 bits per heavy atom. The number of nitrogens with zero attached hydrogens (tertiary/aromatic N) is 2. The van der Waals surface area contributed by atoms with Crippen LogP contribution in [0.15, 0.2) is 12.3 Å². The number of nitrogen functional groups attached to an aromatic ring is 1. The molecule has 0 fully saturated rings. The third-order valence-electron chi connectivity index (χ3n) is 1.05. The van der Waals surface area contributed by atoms with Crippen LogP contribution in [-0.2, 0) is 0 Å². The maximum atomic E-state index is 5.10. The van der Waals surface area contributed by atoms with Gasteiger partial charge in [0.15, 0.2) is 0 Å². The van der Waals surface area contributed by atoms with Gasteiger partial charge < -0.3 is 4.74 Å². The molecule has 0 saturated heterocycles. The van der Waals surface area contributed by atoms with Crippen molar-refractivity contribution in [2.24, 2.45) is 5.84 Å². The van der Waals surface area contributed by atoms with Crippen LogP contribution < -0.4 is 16.0 Å². The molecule has 1 heterocycles. The van der Waals surface area contributed by atoms with Crippen molar-refractivity contribution < 1.29 is 4.74 Å². The van der Waals surface area contributed by atoms with Gasteiger partial charge in [-0.1, -0.05) is 0 Å². The van der Waals surface area contributed by atoms with Crippen molar-refractivity contribution in [2.75, 3.05) is 12.0 Å². The average Bonchev–Trinajstić information content (AvgIpc) is 2.06. The standard InChI is InChI=1S/C6H10N4O/c1-2-11-5-3-4-8-6(9-5)10-7/h3-4H,2,7H2,1H3,(H,8,9,10). The van der Waals surface area contributed by atoms with E-state index in [1.54, 1.807) is 12.3 Å². The zero-order valence-electron chi connectivity index (χ0n) is 6.24. The van der Waals surface area contributed by atoms with Crippen LogP contribution in [0.5, 0.6) is 5.88 Å². The van der Waals surface area contributed by atoms with Gasteiger partial charge in [0, 0.05) is 12.3 Å². The predicted octanol–water partition coefficient (Wildman–Crippen LogP) is 0.161. The van der Waals surface area contributed by atoms with E-state index >= 15 is 0 Å². The van der Waals surface area contributed by atoms with Crippen molar-refractivity contribution in [3.63, 3.8) is 0 Å². The number of nitrogens with one attached hydrogen (secondary N) is 1. The Bertz CT molecular complexity index is 228. The molecule has 5 nitrogen and oxygen atoms in total. The highest BCUT2D eigenvalue weighted by Gasteiger charge is 1.95. The second kappa shape index (κ2) is 3.72. The van der Waals surface area contributed by atoms with Gasteiger partial charge >= 0.3 is 0 Å². The number of nitrogens with two attached hydrogens (primary N) is 1. The number of hydrogen-bond donors (Lipinski definition) is 2. The van der Waals surface area contributed by atoms with E-state index in [1.165, 1.54) is 0 Å². The second-order valence-corrected chi connectivity index (χ2v) is 1.80. The molecule has 0 aliphatic heterocycles. The van der Waals surface area contributed by atoms with E-state index in [0.717, 1.165) is 0 Å². The number of rotatable bonds is 3. The topological polar surface area (TPSA) is 73.1 Å². The summed E-state index contributed by atoms with van der Waals surface area (Å²) in [6.07, 6.45) is 1.58. The van der Waals surface area contributed by atoms with Crippen LogP contribution >= 0.6 is 0 Å². The van der Waals surface area contributed by atoms with Gasteiger partial charge in [-0.3, -0.25) is 5.43 Å². The highest BCUT2D eigenvalue weighted by atomic mass is 16.5. The van der Waals surface area contributed by atoms with Crippen molar-refractivity contribution in [1.29, 1.82) is 0 Å². The molecular formula is C6H10N4O. The fourth-order valence-electron chi connectivity index (χ4n) is 0.640. The maximum absolute atomic E-state index is 5.10. The molecule has 0 amide bonds. The summed E-state index contributed by atoms with van der Waals surface area (Å²) < 4.78 is 5.10. The zero-order chi connectivity index (χ0) is 8.10. The van der Waals surface area contributed by atoms with Gasteiger partial charge in [-0.2, -0.15) is 4.98 Å². The Hall–Kier alpha value is -1.36. The quantitative estimate of drug-likeness (QED) is 0.479. The van der Waals surface area contributed by atoms with E-state index < -0.39 is 0 Å². The maximum Gasteiger partial charge on any atom is 0.240 e. The number of ether oxygens (including phenoxy) is 1. The molecule has 5 heteroatoms. The SMILES string of the molecule is CCOc1ccnc(NN)n1. The van der Waals surface area contributed by atoms with Crippen LogP contribution in [0.4, 0.5) is 5.95 Å². The molecule has 60 valence electrons. The molecule has 0 aliphatic carbocycles. The fraction of sp³-hybridized carbons (Fsp3) is 0.333. The normalized spacial score (nSPS) is 9.27. The molecule has 1 aromatic rings. The first-order chi connectivity index (χ1) is 5.36. The summed E-state index contributed by atoms with van der Waals surface area (Å²) in [4.78, 5) is 7.72. The lowest BCUT2D eigenvalue weighted by Gasteiger charge is -2.01. The average molecular weight is 154 g/mol. The lowest BCUT2D eigenvalue weighted by Crippen LogP contribution is -2.10. The van der Waals surface area contributed by atoms with Gasteiger partial charge in [-0.05, 0) is 6.92 Å². The Morgan fingerprint density at radius 3 is 3.18 bits per heavy atom. The van der Waals surface area contributed by atoms with Crippen molar-refractivity contribution in [3.8, 4) is 5.88 Å². The van der Waals surface area contributed by atoms with Crippen molar-refractivity contribution in [1.82, 2.24) is 9.97 Å². The van der Waals surface area contributed by atoms with E-state index in [9.17, 15) is 0 Å². The van der Waals surface area contributed by atoms with Gasteiger partial charge in [0.1, 0.15) is 0 Å². The van der Waals surface area contributed by atoms with Crippen LogP contribution in [0.2, 0.25) is 0 Å². The van der Waals surface area contributed by atoms with Crippen LogP contribution in [0, 0.1) is 0 Å². The number of hydrogen-bond acceptors (Lipinski definition) is 5. The molecule has 0 bridgehead atoms. The fourth-order valence-corrected chi connectivity index (χ4v) is 0.640. The largest absolute Gasteiger partial charge is 0.478 e. The third-order valence-corrected chi connectivity index (χ3v) is 1.05. The van der Waals surface area contributed by atoms with Gasteiger partial charge in [0.2, 0.25) is 11.8 Å². The van der Waals surface area contributed by atoms with E-state index in [4.69, 9.17) is 10.6 Å². The molecule has 0 aromatic carbocycles. The minimum absolute atomic E-state index is 0.357. The molecule has 0 spiro atoms. The van der Waals surface area contributed by atoms with E-state index in [0.29, 0.717) is 18.4 Å². The summed E-state index contributed by atoms with van der Waals surface area (Å²) >= 11 is 0. The lowest BCUT2D eigenvalue weighted by molar-refractivity contribution is 0.326. The Morgan fingerprint density at radius 2 is 2.55 bits per heavy atom. The highest BCUT2D eigenvalue weighted by Crippen LogP contribution is 2.06. The molecule has 0 saturated carbocycles. The Balaban J connectivity index is 2.74. The van der Waals surface area contributed by atoms with Crippen molar-refractivity contribution in [2.45, 2.75) is 6.92 Å². The molecular weight excluding hydrogens is 144 g/mol. The monoisotopic (exact) mass is 154 g/mol. The van der Waals surface area contributed by atoms with Gasteiger partial charge in [-0.25, -0.2) is 10.8 Å². The molecule has 0 atom stereocenters. The molecule has 0 unspecified atom stereocenters. The molecule has 11 heavy (non-hydrogen) atoms. The second-order valence-electron chi connectivity index (χ2n) is 1.80. The zero-order valence-corrected chi connectivity index (χ0v) is 6.24. The summed E-state index contributed by atoms with van der Waals surface area (Å²) in [6, 6.07) is 1.67. The van der Waals surface area contributed by atoms with Crippen LogP contribution in [0.1, 0.15) is 6.92 Å². The van der Waals surface area contributed by atoms with E-state index in [-0.39, 0.29) is 0 Å². The van der Waals surface area contributed by atoms with Gasteiger partial charge in [0.05, 0.1) is 6.61 Å². The Labute approximate surface area is 64.6 Å². The van der Waals surface area contributed by atoms with Crippen LogP contribution in [0.25, 0.3) is 0 Å². The molecule has 0 radical (unpaired) electrons. The highest BCUT2D eigenvalue weighted by molar-refractivity contribution is 5.25. The Kier molecular flexibility index (Phi) is 2.62. The smallest absolute Gasteiger partial charge is 0.240 e. The number of hydrazine groups is 1. The van der Waals surface area contributed by atoms with E-state index in [2.05, 4.69) is 15.4 Å². The minimum Gasteiger partial charge on any atom is -0.478 e. The van der Waals surface area contributed by atoms with Crippen molar-refractivity contribution in [3.05, 3.63) is 12.3 Å². The van der Waals surface area contributed by atoms with E-state index in [1.807, 2.05) is 6.92 Å². The first-order valence-corrected chi connectivity index (χ1v) is 3.29. The lowest BCUT2D eigenvalue weighted by atomic mass is 10.6. The summed E-state index contributed by atoms with van der Waals surface area (Å²) in [7, 11) is 0. The van der Waals surface area contributed by atoms with Gasteiger partial charge in [0.25, 0.3) is 0 Å². The van der Waals surface area contributed by atoms with Crippen LogP contribution in [-0.4, -0.2) is 16.6 Å². The number of aromatic nitrogens is 2. The molecule has 1 aromatic heterocycles. The summed E-state index contributed by atoms with van der Waals surface area (Å²) in [5, 5.41) is 0. The molecule has 0 aliphatic rings. The summed E-state index contributed by atoms with van der Waals surface area (Å²) in [5.41, 5.74) is 2.32. The van der Waals surface area contributed by atoms with Crippen LogP contribution in [0.3, 0.4) is 0 Å². The number of anilines is 1. The van der Waals surface area contributed by atoms with Crippen molar-refractivity contribution >= 4 is 5.95 Å². The molecule has 1 rings (SSSR count). The summed E-state index contributed by atoms with van der Waals surface area (Å²) in [5.74, 6) is 5.97.